The first-order valence-corrected chi connectivity index (χ1v) is 8.76. The molecule has 126 valence electrons. The Balaban J connectivity index is 2.28. The van der Waals surface area contributed by atoms with Gasteiger partial charge in [0.25, 0.3) is 0 Å². The molecule has 0 heterocycles. The van der Waals surface area contributed by atoms with E-state index in [0.29, 0.717) is 12.3 Å². The van der Waals surface area contributed by atoms with Crippen LogP contribution in [0.25, 0.3) is 0 Å². The van der Waals surface area contributed by atoms with Gasteiger partial charge in [-0.25, -0.2) is 0 Å². The van der Waals surface area contributed by atoms with Gasteiger partial charge in [-0.1, -0.05) is 39.8 Å². The topological polar surface area (TPSA) is 40.5 Å². The molecule has 0 amide bonds. The average molecular weight is 306 g/mol. The largest absolute Gasteiger partial charge is 0.389 e. The van der Waals surface area contributed by atoms with Crippen molar-refractivity contribution < 1.29 is 10.2 Å². The highest BCUT2D eigenvalue weighted by atomic mass is 16.3. The summed E-state index contributed by atoms with van der Waals surface area (Å²) in [6.07, 6.45) is 7.31. The summed E-state index contributed by atoms with van der Waals surface area (Å²) in [6, 6.07) is 0. The monoisotopic (exact) mass is 306 g/mol. The number of hydrogen-bond acceptors (Lipinski definition) is 2. The minimum atomic E-state index is -0.835. The number of aliphatic hydroxyl groups is 2. The van der Waals surface area contributed by atoms with Crippen LogP contribution in [0.1, 0.15) is 66.2 Å². The lowest BCUT2D eigenvalue weighted by Crippen LogP contribution is -2.53. The molecule has 0 radical (unpaired) electrons. The third-order valence-electron chi connectivity index (χ3n) is 6.79. The zero-order chi connectivity index (χ0) is 16.8. The molecule has 2 fully saturated rings. The fourth-order valence-corrected chi connectivity index (χ4v) is 5.26. The molecule has 0 aromatic heterocycles. The maximum Gasteiger partial charge on any atom is 0.0797 e. The molecule has 0 aromatic carbocycles. The van der Waals surface area contributed by atoms with Crippen molar-refractivity contribution >= 4 is 0 Å². The molecule has 0 aromatic rings. The van der Waals surface area contributed by atoms with Gasteiger partial charge in [0, 0.05) is 0 Å². The van der Waals surface area contributed by atoms with Crippen LogP contribution < -0.4 is 0 Å². The van der Waals surface area contributed by atoms with Crippen molar-refractivity contribution in [3.05, 3.63) is 24.8 Å². The van der Waals surface area contributed by atoms with Gasteiger partial charge in [-0.3, -0.25) is 0 Å². The third kappa shape index (κ3) is 3.05. The van der Waals surface area contributed by atoms with Gasteiger partial charge in [0.1, 0.15) is 0 Å². The van der Waals surface area contributed by atoms with Crippen LogP contribution >= 0.6 is 0 Å². The quantitative estimate of drug-likeness (QED) is 0.752. The standard InChI is InChI=1S/C20H34O2/c1-7-19(5,22)12-9-15-14(2)16(21)13-17-18(3,4)10-8-11-20(15,17)6/h7,15-17,21-22H,1-2,8-13H2,3-6H3/t15-,16-,17+,19+,20-/m0/s1. The van der Waals surface area contributed by atoms with E-state index in [4.69, 9.17) is 0 Å². The first kappa shape index (κ1) is 17.7. The Kier molecular flexibility index (Phi) is 4.68. The normalized spacial score (nSPS) is 40.6. The fraction of sp³-hybridized carbons (Fsp3) is 0.800. The van der Waals surface area contributed by atoms with Gasteiger partial charge in [0.15, 0.2) is 0 Å². The maximum atomic E-state index is 10.5. The number of rotatable bonds is 4. The molecule has 2 nitrogen and oxygen atoms in total. The van der Waals surface area contributed by atoms with Gasteiger partial charge in [0.05, 0.1) is 11.7 Å². The molecule has 2 saturated carbocycles. The number of aliphatic hydroxyl groups excluding tert-OH is 1. The van der Waals surface area contributed by atoms with Crippen LogP contribution in [-0.4, -0.2) is 21.9 Å². The molecule has 5 atom stereocenters. The van der Waals surface area contributed by atoms with Crippen LogP contribution in [0.2, 0.25) is 0 Å². The lowest BCUT2D eigenvalue weighted by atomic mass is 9.46. The van der Waals surface area contributed by atoms with E-state index in [2.05, 4.69) is 33.9 Å². The molecule has 0 unspecified atom stereocenters. The van der Waals surface area contributed by atoms with Crippen LogP contribution in [0.3, 0.4) is 0 Å². The number of fused-ring (bicyclic) bond motifs is 1. The number of hydrogen-bond donors (Lipinski definition) is 2. The lowest BCUT2D eigenvalue weighted by Gasteiger charge is -2.59. The predicted molar refractivity (Wildman–Crippen MR) is 92.5 cm³/mol. The van der Waals surface area contributed by atoms with Gasteiger partial charge in [0.2, 0.25) is 0 Å². The average Bonchev–Trinajstić information content (AvgIpc) is 2.41. The van der Waals surface area contributed by atoms with E-state index in [1.807, 2.05) is 6.92 Å². The van der Waals surface area contributed by atoms with E-state index in [9.17, 15) is 10.2 Å². The first-order valence-electron chi connectivity index (χ1n) is 8.76. The van der Waals surface area contributed by atoms with Crippen molar-refractivity contribution in [1.82, 2.24) is 0 Å². The molecular formula is C20H34O2. The highest BCUT2D eigenvalue weighted by Gasteiger charge is 2.54. The Morgan fingerprint density at radius 2 is 1.95 bits per heavy atom. The van der Waals surface area contributed by atoms with E-state index in [-0.39, 0.29) is 16.7 Å². The fourth-order valence-electron chi connectivity index (χ4n) is 5.26. The van der Waals surface area contributed by atoms with E-state index < -0.39 is 11.7 Å². The predicted octanol–water partition coefficient (Wildman–Crippen LogP) is 4.47. The zero-order valence-corrected chi connectivity index (χ0v) is 14.9. The Hall–Kier alpha value is -0.600. The Bertz CT molecular complexity index is 449. The van der Waals surface area contributed by atoms with E-state index in [1.54, 1.807) is 6.08 Å². The molecular weight excluding hydrogens is 272 g/mol. The van der Waals surface area contributed by atoms with Crippen molar-refractivity contribution in [3.8, 4) is 0 Å². The second-order valence-corrected chi connectivity index (χ2v) is 8.88. The Morgan fingerprint density at radius 1 is 1.32 bits per heavy atom. The first-order chi connectivity index (χ1) is 10.0. The Morgan fingerprint density at radius 3 is 2.55 bits per heavy atom. The van der Waals surface area contributed by atoms with Crippen molar-refractivity contribution in [3.63, 3.8) is 0 Å². The second kappa shape index (κ2) is 5.79. The maximum absolute atomic E-state index is 10.5. The minimum Gasteiger partial charge on any atom is -0.389 e. The second-order valence-electron chi connectivity index (χ2n) is 8.88. The molecule has 0 aliphatic heterocycles. The molecule has 2 heteroatoms. The van der Waals surface area contributed by atoms with Crippen molar-refractivity contribution in [1.29, 1.82) is 0 Å². The zero-order valence-electron chi connectivity index (χ0n) is 14.9. The molecule has 0 bridgehead atoms. The summed E-state index contributed by atoms with van der Waals surface area (Å²) < 4.78 is 0. The van der Waals surface area contributed by atoms with Crippen LogP contribution in [0, 0.1) is 22.7 Å². The highest BCUT2D eigenvalue weighted by molar-refractivity contribution is 5.20. The molecule has 2 aliphatic rings. The van der Waals surface area contributed by atoms with Gasteiger partial charge in [-0.05, 0) is 67.3 Å². The molecule has 2 rings (SSSR count). The highest BCUT2D eigenvalue weighted by Crippen LogP contribution is 2.61. The van der Waals surface area contributed by atoms with Crippen molar-refractivity contribution in [2.24, 2.45) is 22.7 Å². The van der Waals surface area contributed by atoms with E-state index >= 15 is 0 Å². The molecule has 2 N–H and O–H groups in total. The molecule has 0 saturated heterocycles. The van der Waals surface area contributed by atoms with Gasteiger partial charge in [-0.2, -0.15) is 0 Å². The van der Waals surface area contributed by atoms with Crippen LogP contribution in [0.5, 0.6) is 0 Å². The minimum absolute atomic E-state index is 0.190. The SMILES string of the molecule is C=C[C@@](C)(O)CC[C@H]1C(=C)[C@@H](O)C[C@@H]2C(C)(C)CCC[C@]21C. The summed E-state index contributed by atoms with van der Waals surface area (Å²) in [6.45, 7) is 16.9. The van der Waals surface area contributed by atoms with Crippen LogP contribution in [0.4, 0.5) is 0 Å². The molecule has 2 aliphatic carbocycles. The van der Waals surface area contributed by atoms with E-state index in [1.165, 1.54) is 19.3 Å². The van der Waals surface area contributed by atoms with E-state index in [0.717, 1.165) is 18.4 Å². The van der Waals surface area contributed by atoms with Gasteiger partial charge in [-0.15, -0.1) is 6.58 Å². The molecule has 22 heavy (non-hydrogen) atoms. The lowest BCUT2D eigenvalue weighted by molar-refractivity contribution is -0.0868. The van der Waals surface area contributed by atoms with Crippen LogP contribution in [-0.2, 0) is 0 Å². The van der Waals surface area contributed by atoms with Gasteiger partial charge >= 0.3 is 0 Å². The summed E-state index contributed by atoms with van der Waals surface area (Å²) in [5.41, 5.74) is 0.610. The summed E-state index contributed by atoms with van der Waals surface area (Å²) in [7, 11) is 0. The smallest absolute Gasteiger partial charge is 0.0797 e. The summed E-state index contributed by atoms with van der Waals surface area (Å²) >= 11 is 0. The Labute approximate surface area is 136 Å². The molecule has 0 spiro atoms. The summed E-state index contributed by atoms with van der Waals surface area (Å²) in [4.78, 5) is 0. The van der Waals surface area contributed by atoms with Gasteiger partial charge < -0.3 is 10.2 Å². The van der Waals surface area contributed by atoms with Crippen molar-refractivity contribution in [2.45, 2.75) is 77.9 Å². The van der Waals surface area contributed by atoms with Crippen LogP contribution in [0.15, 0.2) is 24.8 Å². The third-order valence-corrected chi connectivity index (χ3v) is 6.79. The summed E-state index contributed by atoms with van der Waals surface area (Å²) in [5.74, 6) is 0.806. The van der Waals surface area contributed by atoms with Crippen molar-refractivity contribution in [2.75, 3.05) is 0 Å². The summed E-state index contributed by atoms with van der Waals surface area (Å²) in [5, 5.41) is 20.8.